The van der Waals surface area contributed by atoms with Crippen LogP contribution in [0.25, 0.3) is 5.65 Å². The lowest BCUT2D eigenvalue weighted by Gasteiger charge is -2.39. The summed E-state index contributed by atoms with van der Waals surface area (Å²) in [7, 11) is 1.33. The maximum atomic E-state index is 13.6. The molecule has 11 heteroatoms. The van der Waals surface area contributed by atoms with Crippen molar-refractivity contribution in [2.75, 3.05) is 49.7 Å². The van der Waals surface area contributed by atoms with Gasteiger partial charge in [0.15, 0.2) is 11.3 Å². The number of aromatic nitrogens is 4. The second kappa shape index (κ2) is 10.3. The predicted molar refractivity (Wildman–Crippen MR) is 161 cm³/mol. The first kappa shape index (κ1) is 27.3. The van der Waals surface area contributed by atoms with Crippen molar-refractivity contribution >= 4 is 29.0 Å². The van der Waals surface area contributed by atoms with Gasteiger partial charge in [-0.25, -0.2) is 19.3 Å². The highest BCUT2D eigenvalue weighted by atomic mass is 16.5. The van der Waals surface area contributed by atoms with E-state index in [0.717, 1.165) is 30.8 Å². The van der Waals surface area contributed by atoms with Crippen LogP contribution in [0.2, 0.25) is 0 Å². The molecule has 222 valence electrons. The third kappa shape index (κ3) is 4.97. The van der Waals surface area contributed by atoms with Crippen molar-refractivity contribution < 1.29 is 19.1 Å². The molecule has 43 heavy (non-hydrogen) atoms. The lowest BCUT2D eigenvalue weighted by molar-refractivity contribution is 0.0594. The van der Waals surface area contributed by atoms with Gasteiger partial charge >= 0.3 is 5.97 Å². The Balaban J connectivity index is 1.09. The minimum atomic E-state index is -0.627. The second-order valence-corrected chi connectivity index (χ2v) is 12.3. The Morgan fingerprint density at radius 3 is 2.72 bits per heavy atom. The quantitative estimate of drug-likeness (QED) is 0.343. The molecular weight excluding hydrogens is 546 g/mol. The third-order valence-corrected chi connectivity index (χ3v) is 9.08. The molecule has 11 nitrogen and oxygen atoms in total. The number of esters is 1. The maximum Gasteiger partial charge on any atom is 0.356 e. The fourth-order valence-corrected chi connectivity index (χ4v) is 6.81. The number of nitrogens with zero attached hydrogens (tertiary/aromatic N) is 6. The van der Waals surface area contributed by atoms with E-state index in [4.69, 9.17) is 9.47 Å². The van der Waals surface area contributed by atoms with Crippen molar-refractivity contribution in [1.82, 2.24) is 24.9 Å². The molecule has 0 aliphatic carbocycles. The van der Waals surface area contributed by atoms with Gasteiger partial charge in [-0.05, 0) is 42.7 Å². The lowest BCUT2D eigenvalue weighted by Crippen LogP contribution is -2.60. The number of benzene rings is 1. The highest BCUT2D eigenvalue weighted by Gasteiger charge is 2.48. The van der Waals surface area contributed by atoms with Crippen LogP contribution in [0.15, 0.2) is 60.8 Å². The average molecular weight is 582 g/mol. The Kier molecular flexibility index (Phi) is 6.57. The number of methoxy groups -OCH3 is 1. The van der Waals surface area contributed by atoms with Gasteiger partial charge in [0.2, 0.25) is 5.82 Å². The third-order valence-electron chi connectivity index (χ3n) is 9.08. The van der Waals surface area contributed by atoms with E-state index in [9.17, 15) is 9.59 Å². The van der Waals surface area contributed by atoms with Crippen LogP contribution in [0.5, 0.6) is 0 Å². The monoisotopic (exact) mass is 581 g/mol. The maximum absolute atomic E-state index is 13.6. The van der Waals surface area contributed by atoms with Crippen LogP contribution >= 0.6 is 0 Å². The molecule has 2 bridgehead atoms. The van der Waals surface area contributed by atoms with Crippen LogP contribution in [-0.4, -0.2) is 83.0 Å². The molecule has 6 heterocycles. The number of piperidine rings is 1. The molecule has 1 aromatic carbocycles. The Hall–Kier alpha value is -4.51. The lowest BCUT2D eigenvalue weighted by atomic mass is 9.82. The van der Waals surface area contributed by atoms with E-state index in [-0.39, 0.29) is 28.9 Å². The van der Waals surface area contributed by atoms with Crippen molar-refractivity contribution in [3.8, 4) is 0 Å². The van der Waals surface area contributed by atoms with Crippen molar-refractivity contribution in [2.24, 2.45) is 0 Å². The second-order valence-electron chi connectivity index (χ2n) is 12.3. The normalized spacial score (nSPS) is 24.9. The van der Waals surface area contributed by atoms with Gasteiger partial charge in [-0.2, -0.15) is 0 Å². The molecule has 3 fully saturated rings. The van der Waals surface area contributed by atoms with E-state index in [0.29, 0.717) is 37.6 Å². The average Bonchev–Trinajstić information content (AvgIpc) is 3.73. The van der Waals surface area contributed by atoms with Crippen LogP contribution in [0.3, 0.4) is 0 Å². The molecule has 0 spiro atoms. The van der Waals surface area contributed by atoms with Crippen LogP contribution in [0, 0.1) is 6.92 Å². The van der Waals surface area contributed by atoms with Gasteiger partial charge in [0, 0.05) is 38.0 Å². The first-order valence-corrected chi connectivity index (χ1v) is 14.7. The fraction of sp³-hybridized carbons (Fsp3) is 0.406. The number of carbonyl (C=O) groups is 2. The minimum Gasteiger partial charge on any atom is -0.464 e. The van der Waals surface area contributed by atoms with E-state index in [2.05, 4.69) is 68.6 Å². The van der Waals surface area contributed by atoms with Crippen LogP contribution in [0.1, 0.15) is 52.0 Å². The number of anilines is 2. The number of ether oxygens (including phenoxy) is 2. The summed E-state index contributed by atoms with van der Waals surface area (Å²) in [6, 6.07) is 18.0. The van der Waals surface area contributed by atoms with Crippen LogP contribution < -0.4 is 15.1 Å². The van der Waals surface area contributed by atoms with Crippen LogP contribution in [0.4, 0.5) is 11.5 Å². The summed E-state index contributed by atoms with van der Waals surface area (Å²) >= 11 is 0. The molecule has 4 aromatic rings. The largest absolute Gasteiger partial charge is 0.464 e. The number of carbonyl (C=O) groups excluding carboxylic acids is 2. The molecule has 1 amide bonds. The molecule has 3 saturated heterocycles. The molecule has 3 atom stereocenters. The highest BCUT2D eigenvalue weighted by molar-refractivity contribution is 5.92. The minimum absolute atomic E-state index is 0.0708. The number of fused-ring (bicyclic) bond motifs is 3. The standard InChI is InChI=1S/C32H35N7O4/c1-21-14-23(37-13-12-31(2,18-37)22-8-5-4-6-9-22)16-39-28(21)34-27(36-39)29(40)35-32-15-24(43-20-32)17-38(19-32)26-11-7-10-25(33-26)30(41)42-3/h4-11,14,16,24H,12-13,15,17-20H2,1-3H3,(H,35,40). The SMILES string of the molecule is COC(=O)c1cccc(N2CC3CC(NC(=O)c4nc5c(C)cc(N6CCC(C)(c7ccccc7)C6)cn5n4)(CO3)C2)n1. The Bertz CT molecular complexity index is 1710. The first-order valence-electron chi connectivity index (χ1n) is 14.7. The number of nitrogens with one attached hydrogen (secondary N) is 1. The Morgan fingerprint density at radius 2 is 1.91 bits per heavy atom. The van der Waals surface area contributed by atoms with Gasteiger partial charge < -0.3 is 24.6 Å². The van der Waals surface area contributed by atoms with Crippen LogP contribution in [-0.2, 0) is 14.9 Å². The summed E-state index contributed by atoms with van der Waals surface area (Å²) in [5.74, 6) is -0.0789. The summed E-state index contributed by atoms with van der Waals surface area (Å²) in [6.07, 6.45) is 3.64. The molecule has 3 aliphatic rings. The summed E-state index contributed by atoms with van der Waals surface area (Å²) in [5, 5.41) is 7.80. The molecular formula is C32H35N7O4. The fourth-order valence-electron chi connectivity index (χ4n) is 6.81. The first-order chi connectivity index (χ1) is 20.7. The molecule has 3 unspecified atom stereocenters. The topological polar surface area (TPSA) is 114 Å². The van der Waals surface area contributed by atoms with Gasteiger partial charge in [0.1, 0.15) is 5.82 Å². The molecule has 7 rings (SSSR count). The Morgan fingerprint density at radius 1 is 1.07 bits per heavy atom. The van der Waals surface area contributed by atoms with E-state index in [1.54, 1.807) is 16.6 Å². The number of rotatable bonds is 6. The van der Waals surface area contributed by atoms with E-state index >= 15 is 0 Å². The van der Waals surface area contributed by atoms with E-state index in [1.165, 1.54) is 12.7 Å². The van der Waals surface area contributed by atoms with E-state index in [1.807, 2.05) is 24.1 Å². The zero-order valence-corrected chi connectivity index (χ0v) is 24.6. The van der Waals surface area contributed by atoms with Crippen molar-refractivity contribution in [3.05, 3.63) is 83.4 Å². The Labute approximate surface area is 249 Å². The summed E-state index contributed by atoms with van der Waals surface area (Å²) < 4.78 is 12.6. The zero-order valence-electron chi connectivity index (χ0n) is 24.6. The summed E-state index contributed by atoms with van der Waals surface area (Å²) in [5.41, 5.74) is 3.71. The molecule has 3 aromatic heterocycles. The summed E-state index contributed by atoms with van der Waals surface area (Å²) in [6.45, 7) is 7.65. The van der Waals surface area contributed by atoms with Gasteiger partial charge in [0.05, 0.1) is 37.2 Å². The van der Waals surface area contributed by atoms with Gasteiger partial charge in [-0.15, -0.1) is 5.10 Å². The molecule has 3 aliphatic heterocycles. The zero-order chi connectivity index (χ0) is 29.8. The van der Waals surface area contributed by atoms with Crippen molar-refractivity contribution in [2.45, 2.75) is 43.7 Å². The van der Waals surface area contributed by atoms with Gasteiger partial charge in [-0.3, -0.25) is 4.79 Å². The van der Waals surface area contributed by atoms with E-state index < -0.39 is 11.5 Å². The summed E-state index contributed by atoms with van der Waals surface area (Å²) in [4.78, 5) is 39.1. The molecule has 0 radical (unpaired) electrons. The van der Waals surface area contributed by atoms with Gasteiger partial charge in [-0.1, -0.05) is 43.3 Å². The number of pyridine rings is 2. The molecule has 0 saturated carbocycles. The van der Waals surface area contributed by atoms with Crippen molar-refractivity contribution in [3.63, 3.8) is 0 Å². The number of hydrogen-bond donors (Lipinski definition) is 1. The number of amides is 1. The van der Waals surface area contributed by atoms with Gasteiger partial charge in [0.25, 0.3) is 5.91 Å². The smallest absolute Gasteiger partial charge is 0.356 e. The number of aryl methyl sites for hydroxylation is 1. The molecule has 1 N–H and O–H groups in total. The van der Waals surface area contributed by atoms with Crippen molar-refractivity contribution in [1.29, 1.82) is 0 Å². The highest BCUT2D eigenvalue weighted by Crippen LogP contribution is 2.37. The predicted octanol–water partition coefficient (Wildman–Crippen LogP) is 3.17. The number of hydrogen-bond acceptors (Lipinski definition) is 9.